The Balaban J connectivity index is 1.67. The van der Waals surface area contributed by atoms with Crippen molar-refractivity contribution < 1.29 is 28.9 Å². The van der Waals surface area contributed by atoms with Crippen LogP contribution in [0.4, 0.5) is 0 Å². The van der Waals surface area contributed by atoms with Gasteiger partial charge in [-0.05, 0) is 36.1 Å². The normalized spacial score (nSPS) is 18.1. The van der Waals surface area contributed by atoms with E-state index in [1.54, 1.807) is 6.07 Å². The molecule has 172 valence electrons. The number of aromatic carboxylic acids is 1. The Morgan fingerprint density at radius 1 is 1.12 bits per heavy atom. The van der Waals surface area contributed by atoms with Gasteiger partial charge in [0.2, 0.25) is 5.91 Å². The Morgan fingerprint density at radius 2 is 1.88 bits per heavy atom. The molecule has 0 aromatic heterocycles. The number of hydrogen-bond donors (Lipinski definition) is 1. The van der Waals surface area contributed by atoms with Crippen molar-refractivity contribution in [2.24, 2.45) is 5.92 Å². The molecule has 0 radical (unpaired) electrons. The zero-order valence-electron chi connectivity index (χ0n) is 18.8. The molecular weight excluding hydrogens is 410 g/mol. The van der Waals surface area contributed by atoms with Crippen LogP contribution in [0.25, 0.3) is 0 Å². The van der Waals surface area contributed by atoms with Crippen LogP contribution < -0.4 is 9.47 Å². The molecule has 2 aromatic carbocycles. The second-order valence-corrected chi connectivity index (χ2v) is 8.43. The fourth-order valence-electron chi connectivity index (χ4n) is 3.82. The van der Waals surface area contributed by atoms with Gasteiger partial charge in [0.05, 0.1) is 31.4 Å². The number of benzene rings is 2. The SMILES string of the molecule is COc1cc(C(=O)O)ccc1OC[C@@H]1C[C@@H](OCc2ccccc2)CN1C(=O)CC(C)C. The standard InChI is InChI=1S/C25H31NO6/c1-17(2)11-24(27)26-14-21(31-15-18-7-5-4-6-8-18)13-20(26)16-32-22-10-9-19(25(28)29)12-23(22)30-3/h4-10,12,17,20-21H,11,13-16H2,1-3H3,(H,28,29)/t20-,21+/m0/s1. The van der Waals surface area contributed by atoms with Crippen LogP contribution in [0.3, 0.4) is 0 Å². The number of ether oxygens (including phenoxy) is 3. The van der Waals surface area contributed by atoms with Crippen LogP contribution in [0, 0.1) is 5.92 Å². The molecule has 1 saturated heterocycles. The third-order valence-corrected chi connectivity index (χ3v) is 5.45. The molecule has 0 spiro atoms. The minimum absolute atomic E-state index is 0.0730. The molecule has 32 heavy (non-hydrogen) atoms. The maximum atomic E-state index is 12.9. The van der Waals surface area contributed by atoms with Gasteiger partial charge < -0.3 is 24.2 Å². The van der Waals surface area contributed by atoms with Gasteiger partial charge in [-0.2, -0.15) is 0 Å². The minimum atomic E-state index is -1.03. The van der Waals surface area contributed by atoms with Gasteiger partial charge in [-0.1, -0.05) is 44.2 Å². The molecule has 1 N–H and O–H groups in total. The Hall–Kier alpha value is -3.06. The highest BCUT2D eigenvalue weighted by Crippen LogP contribution is 2.30. The summed E-state index contributed by atoms with van der Waals surface area (Å²) >= 11 is 0. The number of hydrogen-bond acceptors (Lipinski definition) is 5. The van der Waals surface area contributed by atoms with E-state index >= 15 is 0 Å². The number of likely N-dealkylation sites (tertiary alicyclic amines) is 1. The van der Waals surface area contributed by atoms with Crippen molar-refractivity contribution in [1.29, 1.82) is 0 Å². The van der Waals surface area contributed by atoms with E-state index in [1.165, 1.54) is 19.2 Å². The first-order valence-electron chi connectivity index (χ1n) is 10.9. The summed E-state index contributed by atoms with van der Waals surface area (Å²) in [4.78, 5) is 25.9. The molecule has 1 amide bonds. The summed E-state index contributed by atoms with van der Waals surface area (Å²) < 4.78 is 17.4. The van der Waals surface area contributed by atoms with E-state index in [1.807, 2.05) is 49.1 Å². The second kappa shape index (κ2) is 11.0. The largest absolute Gasteiger partial charge is 0.493 e. The van der Waals surface area contributed by atoms with Gasteiger partial charge in [-0.3, -0.25) is 4.79 Å². The topological polar surface area (TPSA) is 85.3 Å². The van der Waals surface area contributed by atoms with Crippen LogP contribution in [0.2, 0.25) is 0 Å². The lowest BCUT2D eigenvalue weighted by atomic mass is 10.1. The van der Waals surface area contributed by atoms with E-state index in [4.69, 9.17) is 14.2 Å². The molecule has 2 aromatic rings. The molecule has 7 heteroatoms. The fourth-order valence-corrected chi connectivity index (χ4v) is 3.82. The fraction of sp³-hybridized carbons (Fsp3) is 0.440. The van der Waals surface area contributed by atoms with E-state index in [0.29, 0.717) is 37.5 Å². The van der Waals surface area contributed by atoms with Crippen molar-refractivity contribution in [2.45, 2.75) is 45.4 Å². The molecule has 3 rings (SSSR count). The molecule has 0 unspecified atom stereocenters. The first-order valence-corrected chi connectivity index (χ1v) is 10.9. The lowest BCUT2D eigenvalue weighted by molar-refractivity contribution is -0.133. The molecule has 0 saturated carbocycles. The highest BCUT2D eigenvalue weighted by atomic mass is 16.5. The van der Waals surface area contributed by atoms with Crippen molar-refractivity contribution >= 4 is 11.9 Å². The zero-order valence-corrected chi connectivity index (χ0v) is 18.8. The van der Waals surface area contributed by atoms with Crippen LogP contribution in [-0.2, 0) is 16.1 Å². The van der Waals surface area contributed by atoms with Gasteiger partial charge in [0.15, 0.2) is 11.5 Å². The van der Waals surface area contributed by atoms with Crippen molar-refractivity contribution in [3.8, 4) is 11.5 Å². The lowest BCUT2D eigenvalue weighted by Crippen LogP contribution is -2.39. The number of rotatable bonds is 10. The number of amides is 1. The Bertz CT molecular complexity index is 914. The third-order valence-electron chi connectivity index (χ3n) is 5.45. The van der Waals surface area contributed by atoms with Crippen LogP contribution >= 0.6 is 0 Å². The summed E-state index contributed by atoms with van der Waals surface area (Å²) in [6.45, 7) is 5.35. The zero-order chi connectivity index (χ0) is 23.1. The highest BCUT2D eigenvalue weighted by molar-refractivity contribution is 5.88. The van der Waals surface area contributed by atoms with Crippen molar-refractivity contribution in [3.63, 3.8) is 0 Å². The average Bonchev–Trinajstić information content (AvgIpc) is 3.19. The summed E-state index contributed by atoms with van der Waals surface area (Å²) in [5.41, 5.74) is 1.22. The molecule has 1 aliphatic rings. The number of nitrogens with zero attached hydrogens (tertiary/aromatic N) is 1. The smallest absolute Gasteiger partial charge is 0.335 e. The van der Waals surface area contributed by atoms with E-state index in [-0.39, 0.29) is 36.1 Å². The molecule has 7 nitrogen and oxygen atoms in total. The van der Waals surface area contributed by atoms with Gasteiger partial charge in [0, 0.05) is 13.0 Å². The summed E-state index contributed by atoms with van der Waals surface area (Å²) in [7, 11) is 1.47. The third kappa shape index (κ3) is 6.23. The second-order valence-electron chi connectivity index (χ2n) is 8.43. The van der Waals surface area contributed by atoms with Crippen LogP contribution in [0.5, 0.6) is 11.5 Å². The van der Waals surface area contributed by atoms with Crippen molar-refractivity contribution in [1.82, 2.24) is 4.90 Å². The lowest BCUT2D eigenvalue weighted by Gasteiger charge is -2.25. The first kappa shape index (κ1) is 23.6. The molecule has 2 atom stereocenters. The van der Waals surface area contributed by atoms with Crippen molar-refractivity contribution in [2.75, 3.05) is 20.3 Å². The van der Waals surface area contributed by atoms with Crippen molar-refractivity contribution in [3.05, 3.63) is 59.7 Å². The van der Waals surface area contributed by atoms with E-state index in [2.05, 4.69) is 0 Å². The van der Waals surface area contributed by atoms with Crippen LogP contribution in [0.15, 0.2) is 48.5 Å². The Labute approximate surface area is 188 Å². The summed E-state index contributed by atoms with van der Waals surface area (Å²) in [5, 5.41) is 9.17. The van der Waals surface area contributed by atoms with Gasteiger partial charge in [0.1, 0.15) is 6.61 Å². The molecule has 0 bridgehead atoms. The van der Waals surface area contributed by atoms with E-state index < -0.39 is 5.97 Å². The summed E-state index contributed by atoms with van der Waals surface area (Å²) in [6, 6.07) is 14.3. The minimum Gasteiger partial charge on any atom is -0.493 e. The van der Waals surface area contributed by atoms with Gasteiger partial charge in [-0.25, -0.2) is 4.79 Å². The van der Waals surface area contributed by atoms with E-state index in [9.17, 15) is 14.7 Å². The predicted molar refractivity (Wildman–Crippen MR) is 120 cm³/mol. The summed E-state index contributed by atoms with van der Waals surface area (Å²) in [5.74, 6) is 0.112. The Morgan fingerprint density at radius 3 is 2.53 bits per heavy atom. The molecule has 1 fully saturated rings. The van der Waals surface area contributed by atoms with Gasteiger partial charge >= 0.3 is 5.97 Å². The predicted octanol–water partition coefficient (Wildman–Crippen LogP) is 4.00. The molecular formula is C25H31NO6. The van der Waals surface area contributed by atoms with Gasteiger partial charge in [0.25, 0.3) is 0 Å². The number of carboxylic acid groups (broad SMARTS) is 1. The maximum Gasteiger partial charge on any atom is 0.335 e. The first-order chi connectivity index (χ1) is 15.4. The quantitative estimate of drug-likeness (QED) is 0.600. The highest BCUT2D eigenvalue weighted by Gasteiger charge is 2.36. The number of carbonyl (C=O) groups is 2. The van der Waals surface area contributed by atoms with Gasteiger partial charge in [-0.15, -0.1) is 0 Å². The Kier molecular flexibility index (Phi) is 8.11. The average molecular weight is 442 g/mol. The summed E-state index contributed by atoms with van der Waals surface area (Å²) in [6.07, 6.45) is 1.07. The van der Waals surface area contributed by atoms with Crippen LogP contribution in [0.1, 0.15) is 42.6 Å². The monoisotopic (exact) mass is 441 g/mol. The number of carboxylic acids is 1. The molecule has 0 aliphatic carbocycles. The van der Waals surface area contributed by atoms with Crippen LogP contribution in [-0.4, -0.2) is 54.3 Å². The molecule has 1 aliphatic heterocycles. The van der Waals surface area contributed by atoms with E-state index in [0.717, 1.165) is 5.56 Å². The number of methoxy groups -OCH3 is 1. The maximum absolute atomic E-state index is 12.9. The molecule has 1 heterocycles. The number of carbonyl (C=O) groups excluding carboxylic acids is 1.